The molecule has 1 N–H and O–H groups in total. The first-order valence-electron chi connectivity index (χ1n) is 10.2. The third kappa shape index (κ3) is 5.08. The lowest BCUT2D eigenvalue weighted by molar-refractivity contribution is -0.122. The molecule has 1 saturated heterocycles. The standard InChI is InChI=1S/C23H19BrCl2N2O5/c24-13-4-6-14(7-5-13)27-20(29)11-33-23(32)12-2-1-3-15(8-12)28-21(30)16-9-18(25)19(26)10-17(16)22(28)31/h1-8,16-19H,9-11H2,(H,27,29)/t16-,17-,18-,19+/m1/s1. The van der Waals surface area contributed by atoms with Crippen LogP contribution < -0.4 is 10.2 Å². The van der Waals surface area contributed by atoms with Crippen LogP contribution in [0.25, 0.3) is 0 Å². The number of rotatable bonds is 5. The van der Waals surface area contributed by atoms with Crippen molar-refractivity contribution in [3.05, 3.63) is 58.6 Å². The fourth-order valence-electron chi connectivity index (χ4n) is 4.07. The van der Waals surface area contributed by atoms with Gasteiger partial charge in [0.25, 0.3) is 5.91 Å². The number of nitrogens with one attached hydrogen (secondary N) is 1. The van der Waals surface area contributed by atoms with Crippen LogP contribution in [-0.4, -0.2) is 41.1 Å². The van der Waals surface area contributed by atoms with E-state index in [9.17, 15) is 19.2 Å². The van der Waals surface area contributed by atoms with Crippen molar-refractivity contribution in [1.82, 2.24) is 0 Å². The van der Waals surface area contributed by atoms with E-state index in [0.29, 0.717) is 18.5 Å². The minimum Gasteiger partial charge on any atom is -0.452 e. The Hall–Kier alpha value is -2.42. The number of alkyl halides is 2. The van der Waals surface area contributed by atoms with E-state index in [-0.39, 0.29) is 33.8 Å². The van der Waals surface area contributed by atoms with Crippen LogP contribution in [0.1, 0.15) is 23.2 Å². The van der Waals surface area contributed by atoms with Crippen molar-refractivity contribution in [2.75, 3.05) is 16.8 Å². The molecule has 0 radical (unpaired) electrons. The summed E-state index contributed by atoms with van der Waals surface area (Å²) in [6, 6.07) is 12.9. The molecule has 3 amide bonds. The van der Waals surface area contributed by atoms with Gasteiger partial charge >= 0.3 is 5.97 Å². The van der Waals surface area contributed by atoms with Crippen molar-refractivity contribution in [1.29, 1.82) is 0 Å². The van der Waals surface area contributed by atoms with E-state index in [1.807, 2.05) is 0 Å². The van der Waals surface area contributed by atoms with E-state index in [0.717, 1.165) is 9.37 Å². The fraction of sp³-hybridized carbons (Fsp3) is 0.304. The zero-order valence-electron chi connectivity index (χ0n) is 17.2. The Balaban J connectivity index is 1.41. The van der Waals surface area contributed by atoms with Crippen molar-refractivity contribution in [3.63, 3.8) is 0 Å². The van der Waals surface area contributed by atoms with Crippen LogP contribution in [0.4, 0.5) is 11.4 Å². The molecule has 0 aromatic heterocycles. The van der Waals surface area contributed by atoms with Gasteiger partial charge in [-0.2, -0.15) is 0 Å². The minimum absolute atomic E-state index is 0.116. The number of hydrogen-bond acceptors (Lipinski definition) is 5. The smallest absolute Gasteiger partial charge is 0.338 e. The lowest BCUT2D eigenvalue weighted by atomic mass is 9.80. The van der Waals surface area contributed by atoms with Gasteiger partial charge in [0, 0.05) is 10.2 Å². The maximum Gasteiger partial charge on any atom is 0.338 e. The molecule has 2 aliphatic rings. The maximum atomic E-state index is 12.9. The number of anilines is 2. The predicted molar refractivity (Wildman–Crippen MR) is 127 cm³/mol. The molecule has 1 aliphatic carbocycles. The van der Waals surface area contributed by atoms with Gasteiger partial charge in [0.1, 0.15) is 0 Å². The zero-order valence-corrected chi connectivity index (χ0v) is 20.3. The van der Waals surface area contributed by atoms with E-state index in [4.69, 9.17) is 27.9 Å². The Bertz CT molecular complexity index is 1080. The zero-order chi connectivity index (χ0) is 23.7. The number of halogens is 3. The highest BCUT2D eigenvalue weighted by Gasteiger charge is 2.52. The number of amides is 3. The molecule has 2 aromatic rings. The minimum atomic E-state index is -0.749. The van der Waals surface area contributed by atoms with Crippen molar-refractivity contribution in [3.8, 4) is 0 Å². The van der Waals surface area contributed by atoms with Crippen molar-refractivity contribution >= 4 is 74.2 Å². The molecule has 0 spiro atoms. The van der Waals surface area contributed by atoms with Gasteiger partial charge in [-0.1, -0.05) is 22.0 Å². The molecular weight excluding hydrogens is 535 g/mol. The maximum absolute atomic E-state index is 12.9. The molecule has 2 aromatic carbocycles. The van der Waals surface area contributed by atoms with Gasteiger partial charge in [0.2, 0.25) is 11.8 Å². The van der Waals surface area contributed by atoms with Gasteiger partial charge < -0.3 is 10.1 Å². The second kappa shape index (κ2) is 9.83. The largest absolute Gasteiger partial charge is 0.452 e. The number of fused-ring (bicyclic) bond motifs is 1. The first kappa shape index (κ1) is 23.7. The summed E-state index contributed by atoms with van der Waals surface area (Å²) in [5.74, 6) is -2.99. The SMILES string of the molecule is O=C(COC(=O)c1cccc(N2C(=O)[C@@H]3C[C@@H](Cl)[C@@H](Cl)C[C@H]3C2=O)c1)Nc1ccc(Br)cc1. The van der Waals surface area contributed by atoms with E-state index >= 15 is 0 Å². The molecule has 0 unspecified atom stereocenters. The lowest BCUT2D eigenvalue weighted by Crippen LogP contribution is -2.34. The van der Waals surface area contributed by atoms with Crippen molar-refractivity contribution in [2.45, 2.75) is 23.6 Å². The molecule has 1 heterocycles. The predicted octanol–water partition coefficient (Wildman–Crippen LogP) is 4.36. The summed E-state index contributed by atoms with van der Waals surface area (Å²) in [6.07, 6.45) is 0.660. The summed E-state index contributed by atoms with van der Waals surface area (Å²) in [6.45, 7) is -0.487. The molecule has 172 valence electrons. The van der Waals surface area contributed by atoms with Crippen LogP contribution in [0.15, 0.2) is 53.0 Å². The quantitative estimate of drug-likeness (QED) is 0.337. The second-order valence-corrected chi connectivity index (χ2v) is 9.95. The lowest BCUT2D eigenvalue weighted by Gasteiger charge is -2.28. The Morgan fingerprint density at radius 3 is 2.21 bits per heavy atom. The van der Waals surface area contributed by atoms with E-state index in [1.165, 1.54) is 12.1 Å². The molecule has 1 aliphatic heterocycles. The Morgan fingerprint density at radius 2 is 1.61 bits per heavy atom. The van der Waals surface area contributed by atoms with Crippen LogP contribution in [0, 0.1) is 11.8 Å². The molecule has 4 rings (SSSR count). The Kier molecular flexibility index (Phi) is 7.07. The molecule has 10 heteroatoms. The van der Waals surface area contributed by atoms with Crippen LogP contribution in [0.3, 0.4) is 0 Å². The normalized spacial score (nSPS) is 24.4. The number of benzene rings is 2. The molecule has 2 fully saturated rings. The first-order chi connectivity index (χ1) is 15.7. The number of carbonyl (C=O) groups excluding carboxylic acids is 4. The Morgan fingerprint density at radius 1 is 1.00 bits per heavy atom. The average molecular weight is 554 g/mol. The fourth-order valence-corrected chi connectivity index (χ4v) is 4.92. The number of imide groups is 1. The molecule has 33 heavy (non-hydrogen) atoms. The summed E-state index contributed by atoms with van der Waals surface area (Å²) >= 11 is 15.7. The third-order valence-electron chi connectivity index (χ3n) is 5.71. The number of carbonyl (C=O) groups is 4. The van der Waals surface area contributed by atoms with Crippen LogP contribution >= 0.6 is 39.1 Å². The summed E-state index contributed by atoms with van der Waals surface area (Å²) in [5, 5.41) is 1.86. The van der Waals surface area contributed by atoms with Gasteiger partial charge in [-0.05, 0) is 55.3 Å². The third-order valence-corrected chi connectivity index (χ3v) is 7.34. The van der Waals surface area contributed by atoms with Crippen molar-refractivity contribution < 1.29 is 23.9 Å². The summed E-state index contributed by atoms with van der Waals surface area (Å²) in [7, 11) is 0. The van der Waals surface area contributed by atoms with Gasteiger partial charge in [0.05, 0.1) is 33.8 Å². The number of nitrogens with zero attached hydrogens (tertiary/aromatic N) is 1. The number of esters is 1. The first-order valence-corrected chi connectivity index (χ1v) is 11.9. The molecular formula is C23H19BrCl2N2O5. The van der Waals surface area contributed by atoms with Gasteiger partial charge in [0.15, 0.2) is 6.61 Å². The van der Waals surface area contributed by atoms with Crippen LogP contribution in [0.5, 0.6) is 0 Å². The Labute approximate surface area is 208 Å². The topological polar surface area (TPSA) is 92.8 Å². The second-order valence-electron chi connectivity index (χ2n) is 7.91. The molecule has 1 saturated carbocycles. The van der Waals surface area contributed by atoms with Crippen LogP contribution in [0.2, 0.25) is 0 Å². The van der Waals surface area contributed by atoms with Crippen LogP contribution in [-0.2, 0) is 19.1 Å². The number of hydrogen-bond donors (Lipinski definition) is 1. The van der Waals surface area contributed by atoms with Gasteiger partial charge in [-0.25, -0.2) is 4.79 Å². The highest BCUT2D eigenvalue weighted by atomic mass is 79.9. The summed E-state index contributed by atoms with van der Waals surface area (Å²) in [4.78, 5) is 51.5. The molecule has 0 bridgehead atoms. The summed E-state index contributed by atoms with van der Waals surface area (Å²) < 4.78 is 5.96. The van der Waals surface area contributed by atoms with Gasteiger partial charge in [-0.3, -0.25) is 19.3 Å². The molecule has 7 nitrogen and oxygen atoms in total. The number of ether oxygens (including phenoxy) is 1. The van der Waals surface area contributed by atoms with E-state index in [1.54, 1.807) is 36.4 Å². The molecule has 4 atom stereocenters. The van der Waals surface area contributed by atoms with Crippen molar-refractivity contribution in [2.24, 2.45) is 11.8 Å². The average Bonchev–Trinajstić information content (AvgIpc) is 3.03. The van der Waals surface area contributed by atoms with Gasteiger partial charge in [-0.15, -0.1) is 23.2 Å². The highest BCUT2D eigenvalue weighted by Crippen LogP contribution is 2.43. The van der Waals surface area contributed by atoms with E-state index < -0.39 is 30.3 Å². The highest BCUT2D eigenvalue weighted by molar-refractivity contribution is 9.10. The summed E-state index contributed by atoms with van der Waals surface area (Å²) in [5.41, 5.74) is 0.947. The monoisotopic (exact) mass is 552 g/mol. The van der Waals surface area contributed by atoms with E-state index in [2.05, 4.69) is 21.2 Å².